The quantitative estimate of drug-likeness (QED) is 0.797. The van der Waals surface area contributed by atoms with E-state index in [1.54, 1.807) is 0 Å². The Morgan fingerprint density at radius 1 is 1.28 bits per heavy atom. The number of piperazine rings is 1. The summed E-state index contributed by atoms with van der Waals surface area (Å²) < 4.78 is 27.1. The van der Waals surface area contributed by atoms with Crippen LogP contribution in [0.3, 0.4) is 0 Å². The van der Waals surface area contributed by atoms with Crippen molar-refractivity contribution in [3.05, 3.63) is 29.8 Å². The van der Waals surface area contributed by atoms with Gasteiger partial charge in [0.05, 0.1) is 11.4 Å². The minimum absolute atomic E-state index is 0.0395. The summed E-state index contributed by atoms with van der Waals surface area (Å²) in [5.74, 6) is -1.79. The molecule has 0 aliphatic carbocycles. The maximum Gasteiger partial charge on any atom is 0.234 e. The summed E-state index contributed by atoms with van der Waals surface area (Å²) in [6, 6.07) is 3.03. The molecule has 1 N–H and O–H groups in total. The molecule has 25 heavy (non-hydrogen) atoms. The number of nitrogens with zero attached hydrogens (tertiary/aromatic N) is 4. The van der Waals surface area contributed by atoms with Crippen molar-refractivity contribution in [3.8, 4) is 0 Å². The van der Waals surface area contributed by atoms with Gasteiger partial charge in [-0.3, -0.25) is 4.79 Å². The Morgan fingerprint density at radius 3 is 2.76 bits per heavy atom. The predicted octanol–water partition coefficient (Wildman–Crippen LogP) is 2.30. The fourth-order valence-electron chi connectivity index (χ4n) is 2.29. The normalized spacial score (nSPS) is 15.4. The number of rotatable bonds is 5. The highest BCUT2D eigenvalue weighted by atomic mass is 32.2. The molecule has 1 aromatic carbocycles. The van der Waals surface area contributed by atoms with Gasteiger partial charge in [0.1, 0.15) is 11.6 Å². The van der Waals surface area contributed by atoms with Crippen molar-refractivity contribution in [1.82, 2.24) is 15.1 Å². The van der Waals surface area contributed by atoms with Gasteiger partial charge in [0.25, 0.3) is 0 Å². The SMILES string of the molecule is CN1CCN(c2nnc(SCC(=O)Nc3ccc(F)cc3F)s2)CC1. The van der Waals surface area contributed by atoms with Crippen LogP contribution in [0.2, 0.25) is 0 Å². The third-order valence-corrected chi connectivity index (χ3v) is 5.82. The molecule has 0 unspecified atom stereocenters. The van der Waals surface area contributed by atoms with Crippen LogP contribution in [0.15, 0.2) is 22.5 Å². The van der Waals surface area contributed by atoms with Gasteiger partial charge >= 0.3 is 0 Å². The van der Waals surface area contributed by atoms with Gasteiger partial charge in [-0.25, -0.2) is 8.78 Å². The molecular weight excluding hydrogens is 368 g/mol. The van der Waals surface area contributed by atoms with Crippen molar-refractivity contribution in [3.63, 3.8) is 0 Å². The number of hydrogen-bond donors (Lipinski definition) is 1. The van der Waals surface area contributed by atoms with E-state index in [-0.39, 0.29) is 17.3 Å². The molecule has 0 saturated carbocycles. The van der Waals surface area contributed by atoms with E-state index in [1.165, 1.54) is 29.2 Å². The fourth-order valence-corrected chi connectivity index (χ4v) is 3.98. The number of amides is 1. The maximum absolute atomic E-state index is 13.5. The van der Waals surface area contributed by atoms with Gasteiger partial charge in [-0.2, -0.15) is 0 Å². The number of benzene rings is 1. The lowest BCUT2D eigenvalue weighted by atomic mass is 10.3. The standard InChI is InChI=1S/C15H17F2N5OS2/c1-21-4-6-22(7-5-21)14-19-20-15(25-14)24-9-13(23)18-12-3-2-10(16)8-11(12)17/h2-3,8H,4-7,9H2,1H3,(H,18,23). The molecule has 1 aliphatic rings. The predicted molar refractivity (Wildman–Crippen MR) is 95.3 cm³/mol. The van der Waals surface area contributed by atoms with Crippen LogP contribution in [0.25, 0.3) is 0 Å². The lowest BCUT2D eigenvalue weighted by Crippen LogP contribution is -2.44. The molecule has 0 radical (unpaired) electrons. The Balaban J connectivity index is 1.51. The van der Waals surface area contributed by atoms with Crippen molar-refractivity contribution in [2.75, 3.05) is 49.2 Å². The lowest BCUT2D eigenvalue weighted by Gasteiger charge is -2.31. The monoisotopic (exact) mass is 385 g/mol. The zero-order valence-corrected chi connectivity index (χ0v) is 15.2. The van der Waals surface area contributed by atoms with Gasteiger partial charge in [-0.05, 0) is 19.2 Å². The van der Waals surface area contributed by atoms with Gasteiger partial charge in [-0.15, -0.1) is 10.2 Å². The van der Waals surface area contributed by atoms with Crippen molar-refractivity contribution in [2.24, 2.45) is 0 Å². The largest absolute Gasteiger partial charge is 0.344 e. The molecule has 10 heteroatoms. The van der Waals surface area contributed by atoms with Gasteiger partial charge < -0.3 is 15.1 Å². The molecule has 1 saturated heterocycles. The molecular formula is C15H17F2N5OS2. The van der Waals surface area contributed by atoms with E-state index in [0.717, 1.165) is 43.4 Å². The summed E-state index contributed by atoms with van der Waals surface area (Å²) in [5, 5.41) is 11.5. The number of thioether (sulfide) groups is 1. The van der Waals surface area contributed by atoms with Crippen LogP contribution in [0, 0.1) is 11.6 Å². The molecule has 0 spiro atoms. The Kier molecular flexibility index (Phi) is 5.82. The second kappa shape index (κ2) is 8.07. The summed E-state index contributed by atoms with van der Waals surface area (Å²) >= 11 is 2.68. The molecule has 0 bridgehead atoms. The average Bonchev–Trinajstić information content (AvgIpc) is 3.05. The Labute approximate surface area is 152 Å². The minimum Gasteiger partial charge on any atom is -0.344 e. The lowest BCUT2D eigenvalue weighted by molar-refractivity contribution is -0.113. The first-order chi connectivity index (χ1) is 12.0. The first kappa shape index (κ1) is 18.0. The summed E-state index contributed by atoms with van der Waals surface area (Å²) in [5.41, 5.74) is -0.0395. The second-order valence-corrected chi connectivity index (χ2v) is 7.78. The van der Waals surface area contributed by atoms with E-state index in [9.17, 15) is 13.6 Å². The van der Waals surface area contributed by atoms with Crippen LogP contribution < -0.4 is 10.2 Å². The number of nitrogens with one attached hydrogen (secondary N) is 1. The van der Waals surface area contributed by atoms with E-state index in [1.807, 2.05) is 0 Å². The molecule has 134 valence electrons. The van der Waals surface area contributed by atoms with Crippen molar-refractivity contribution in [2.45, 2.75) is 4.34 Å². The number of aromatic nitrogens is 2. The Bertz CT molecular complexity index is 749. The van der Waals surface area contributed by atoms with Crippen LogP contribution in [0.1, 0.15) is 0 Å². The van der Waals surface area contributed by atoms with Crippen molar-refractivity contribution >= 4 is 39.8 Å². The number of carbonyl (C=O) groups excluding carboxylic acids is 1. The highest BCUT2D eigenvalue weighted by Gasteiger charge is 2.18. The number of hydrogen-bond acceptors (Lipinski definition) is 7. The van der Waals surface area contributed by atoms with Gasteiger partial charge in [0, 0.05) is 32.2 Å². The van der Waals surface area contributed by atoms with Crippen LogP contribution in [-0.2, 0) is 4.79 Å². The summed E-state index contributed by atoms with van der Waals surface area (Å²) in [6.07, 6.45) is 0. The topological polar surface area (TPSA) is 61.4 Å². The van der Waals surface area contributed by atoms with Crippen molar-refractivity contribution in [1.29, 1.82) is 0 Å². The van der Waals surface area contributed by atoms with Crippen LogP contribution >= 0.6 is 23.1 Å². The number of carbonyl (C=O) groups is 1. The van der Waals surface area contributed by atoms with Crippen molar-refractivity contribution < 1.29 is 13.6 Å². The second-order valence-electron chi connectivity index (χ2n) is 5.60. The molecule has 1 amide bonds. The van der Waals surface area contributed by atoms with E-state index in [2.05, 4.69) is 32.4 Å². The highest BCUT2D eigenvalue weighted by molar-refractivity contribution is 8.01. The van der Waals surface area contributed by atoms with E-state index in [4.69, 9.17) is 0 Å². The number of halogens is 2. The third kappa shape index (κ3) is 4.86. The molecule has 6 nitrogen and oxygen atoms in total. The van der Waals surface area contributed by atoms with Gasteiger partial charge in [0.2, 0.25) is 11.0 Å². The summed E-state index contributed by atoms with van der Waals surface area (Å²) in [7, 11) is 2.08. The minimum atomic E-state index is -0.799. The van der Waals surface area contributed by atoms with Gasteiger partial charge in [0.15, 0.2) is 4.34 Å². The molecule has 3 rings (SSSR count). The van der Waals surface area contributed by atoms with Crippen LogP contribution in [-0.4, -0.2) is 60.0 Å². The zero-order valence-electron chi connectivity index (χ0n) is 13.5. The highest BCUT2D eigenvalue weighted by Crippen LogP contribution is 2.28. The average molecular weight is 385 g/mol. The van der Waals surface area contributed by atoms with E-state index >= 15 is 0 Å². The molecule has 2 aromatic rings. The molecule has 1 aromatic heterocycles. The fraction of sp³-hybridized carbons (Fsp3) is 0.400. The third-order valence-electron chi connectivity index (χ3n) is 3.70. The summed E-state index contributed by atoms with van der Waals surface area (Å²) in [6.45, 7) is 3.77. The van der Waals surface area contributed by atoms with Crippen LogP contribution in [0.4, 0.5) is 19.6 Å². The molecule has 2 heterocycles. The first-order valence-electron chi connectivity index (χ1n) is 7.66. The molecule has 1 fully saturated rings. The molecule has 0 atom stereocenters. The smallest absolute Gasteiger partial charge is 0.234 e. The first-order valence-corrected chi connectivity index (χ1v) is 9.46. The van der Waals surface area contributed by atoms with Crippen LogP contribution in [0.5, 0.6) is 0 Å². The number of anilines is 2. The Morgan fingerprint density at radius 2 is 2.04 bits per heavy atom. The van der Waals surface area contributed by atoms with E-state index in [0.29, 0.717) is 4.34 Å². The Hall–Kier alpha value is -1.78. The summed E-state index contributed by atoms with van der Waals surface area (Å²) in [4.78, 5) is 16.3. The van der Waals surface area contributed by atoms with E-state index < -0.39 is 11.6 Å². The van der Waals surface area contributed by atoms with Gasteiger partial charge in [-0.1, -0.05) is 23.1 Å². The zero-order chi connectivity index (χ0) is 17.8. The molecule has 1 aliphatic heterocycles. The maximum atomic E-state index is 13.5. The number of likely N-dealkylation sites (N-methyl/N-ethyl adjacent to an activating group) is 1.